The summed E-state index contributed by atoms with van der Waals surface area (Å²) in [5.41, 5.74) is 1.11. The first-order valence-electron chi connectivity index (χ1n) is 9.86. The van der Waals surface area contributed by atoms with Crippen LogP contribution < -0.4 is 0 Å². The van der Waals surface area contributed by atoms with E-state index in [4.69, 9.17) is 4.74 Å². The molecule has 2 unspecified atom stereocenters. The monoisotopic (exact) mass is 343 g/mol. The van der Waals surface area contributed by atoms with Crippen LogP contribution in [0.2, 0.25) is 0 Å². The van der Waals surface area contributed by atoms with Gasteiger partial charge in [-0.25, -0.2) is 4.79 Å². The van der Waals surface area contributed by atoms with E-state index in [-0.39, 0.29) is 6.09 Å². The van der Waals surface area contributed by atoms with Gasteiger partial charge in [0.05, 0.1) is 0 Å². The van der Waals surface area contributed by atoms with E-state index in [0.29, 0.717) is 0 Å². The van der Waals surface area contributed by atoms with Gasteiger partial charge in [0.25, 0.3) is 0 Å². The summed E-state index contributed by atoms with van der Waals surface area (Å²) in [5.74, 6) is 3.14. The fourth-order valence-electron chi connectivity index (χ4n) is 4.26. The molecule has 1 aromatic rings. The average Bonchev–Trinajstić information content (AvgIpc) is 3.33. The van der Waals surface area contributed by atoms with Crippen LogP contribution in [0.5, 0.6) is 0 Å². The number of amides is 1. The van der Waals surface area contributed by atoms with Gasteiger partial charge in [0, 0.05) is 13.1 Å². The zero-order chi connectivity index (χ0) is 18.0. The maximum Gasteiger partial charge on any atom is 0.410 e. The summed E-state index contributed by atoms with van der Waals surface area (Å²) in [7, 11) is 0. The lowest BCUT2D eigenvalue weighted by atomic mass is 9.82. The molecule has 3 atom stereocenters. The molecule has 0 radical (unpaired) electrons. The van der Waals surface area contributed by atoms with Gasteiger partial charge in [-0.2, -0.15) is 0 Å². The Morgan fingerprint density at radius 2 is 1.84 bits per heavy atom. The highest BCUT2D eigenvalue weighted by atomic mass is 16.6. The van der Waals surface area contributed by atoms with Crippen molar-refractivity contribution in [2.75, 3.05) is 13.1 Å². The van der Waals surface area contributed by atoms with Crippen molar-refractivity contribution in [1.82, 2.24) is 4.90 Å². The zero-order valence-electron chi connectivity index (χ0n) is 16.2. The van der Waals surface area contributed by atoms with E-state index >= 15 is 0 Å². The maximum absolute atomic E-state index is 12.2. The Balaban J connectivity index is 1.42. The lowest BCUT2D eigenvalue weighted by Crippen LogP contribution is -2.42. The van der Waals surface area contributed by atoms with Crippen LogP contribution in [0, 0.1) is 17.8 Å². The number of piperidine rings is 1. The Morgan fingerprint density at radius 3 is 2.44 bits per heavy atom. The van der Waals surface area contributed by atoms with E-state index < -0.39 is 5.60 Å². The van der Waals surface area contributed by atoms with Crippen molar-refractivity contribution in [3.05, 3.63) is 35.9 Å². The standard InChI is InChI=1S/C22H33NO2/c1-16(14-19-15-20(19)18-8-6-5-7-9-18)17-10-12-23(13-11-17)21(24)25-22(2,3)4/h5-9,16-17,19-20H,10-15H2,1-4H3/t16?,19-,20?/m0/s1. The minimum Gasteiger partial charge on any atom is -0.444 e. The number of benzene rings is 1. The lowest BCUT2D eigenvalue weighted by molar-refractivity contribution is 0.0159. The van der Waals surface area contributed by atoms with Gasteiger partial charge in [-0.3, -0.25) is 0 Å². The molecule has 138 valence electrons. The summed E-state index contributed by atoms with van der Waals surface area (Å²) in [4.78, 5) is 14.1. The van der Waals surface area contributed by atoms with Gasteiger partial charge in [-0.1, -0.05) is 37.3 Å². The van der Waals surface area contributed by atoms with E-state index in [1.807, 2.05) is 25.7 Å². The number of likely N-dealkylation sites (tertiary alicyclic amines) is 1. The van der Waals surface area contributed by atoms with E-state index in [1.165, 1.54) is 18.4 Å². The van der Waals surface area contributed by atoms with Gasteiger partial charge >= 0.3 is 6.09 Å². The zero-order valence-corrected chi connectivity index (χ0v) is 16.2. The van der Waals surface area contributed by atoms with E-state index in [2.05, 4.69) is 37.3 Å². The Bertz CT molecular complexity index is 569. The number of hydrogen-bond acceptors (Lipinski definition) is 2. The Morgan fingerprint density at radius 1 is 1.20 bits per heavy atom. The van der Waals surface area contributed by atoms with E-state index in [9.17, 15) is 4.79 Å². The lowest BCUT2D eigenvalue weighted by Gasteiger charge is -2.35. The SMILES string of the molecule is CC(C[C@H]1CC1c1ccccc1)C1CCN(C(=O)OC(C)(C)C)CC1. The molecule has 1 saturated heterocycles. The first kappa shape index (κ1) is 18.3. The molecular weight excluding hydrogens is 310 g/mol. The number of nitrogens with zero attached hydrogens (tertiary/aromatic N) is 1. The normalized spacial score (nSPS) is 25.5. The van der Waals surface area contributed by atoms with Crippen LogP contribution in [-0.4, -0.2) is 29.7 Å². The number of rotatable bonds is 4. The predicted molar refractivity (Wildman–Crippen MR) is 102 cm³/mol. The van der Waals surface area contributed by atoms with E-state index in [0.717, 1.165) is 49.6 Å². The van der Waals surface area contributed by atoms with Gasteiger partial charge in [0.1, 0.15) is 5.60 Å². The van der Waals surface area contributed by atoms with Crippen LogP contribution >= 0.6 is 0 Å². The quantitative estimate of drug-likeness (QED) is 0.726. The summed E-state index contributed by atoms with van der Waals surface area (Å²) in [5, 5.41) is 0. The predicted octanol–water partition coefficient (Wildman–Crippen LogP) is 5.46. The highest BCUT2D eigenvalue weighted by Gasteiger charge is 2.40. The minimum absolute atomic E-state index is 0.148. The van der Waals surface area contributed by atoms with Crippen molar-refractivity contribution < 1.29 is 9.53 Å². The summed E-state index contributed by atoms with van der Waals surface area (Å²) < 4.78 is 5.50. The summed E-state index contributed by atoms with van der Waals surface area (Å²) in [6.45, 7) is 9.89. The molecule has 1 heterocycles. The number of ether oxygens (including phenoxy) is 1. The molecule has 1 aliphatic heterocycles. The van der Waals surface area contributed by atoms with Crippen LogP contribution in [0.15, 0.2) is 30.3 Å². The van der Waals surface area contributed by atoms with Gasteiger partial charge in [-0.05, 0) is 75.7 Å². The topological polar surface area (TPSA) is 29.5 Å². The molecule has 25 heavy (non-hydrogen) atoms. The third kappa shape index (κ3) is 4.99. The smallest absolute Gasteiger partial charge is 0.410 e. The molecule has 2 fully saturated rings. The Kier molecular flexibility index (Phi) is 5.41. The molecule has 2 aliphatic rings. The molecule has 0 spiro atoms. The second kappa shape index (κ2) is 7.39. The minimum atomic E-state index is -0.403. The molecule has 0 bridgehead atoms. The second-order valence-corrected chi connectivity index (χ2v) is 9.03. The van der Waals surface area contributed by atoms with Crippen molar-refractivity contribution >= 4 is 6.09 Å². The van der Waals surface area contributed by atoms with Crippen molar-refractivity contribution in [3.8, 4) is 0 Å². The summed E-state index contributed by atoms with van der Waals surface area (Å²) in [6, 6.07) is 11.0. The number of hydrogen-bond donors (Lipinski definition) is 0. The van der Waals surface area contributed by atoms with Gasteiger partial charge < -0.3 is 9.64 Å². The van der Waals surface area contributed by atoms with Crippen LogP contribution in [-0.2, 0) is 4.74 Å². The maximum atomic E-state index is 12.2. The van der Waals surface area contributed by atoms with Crippen molar-refractivity contribution in [1.29, 1.82) is 0 Å². The van der Waals surface area contributed by atoms with Crippen molar-refractivity contribution in [3.63, 3.8) is 0 Å². The molecule has 3 heteroatoms. The molecular formula is C22H33NO2. The second-order valence-electron chi connectivity index (χ2n) is 9.03. The highest BCUT2D eigenvalue weighted by Crippen LogP contribution is 2.51. The molecule has 3 nitrogen and oxygen atoms in total. The third-order valence-corrected chi connectivity index (χ3v) is 5.82. The molecule has 0 N–H and O–H groups in total. The summed E-state index contributed by atoms with van der Waals surface area (Å²) in [6.07, 6.45) is 4.76. The van der Waals surface area contributed by atoms with Gasteiger partial charge in [0.15, 0.2) is 0 Å². The van der Waals surface area contributed by atoms with Crippen LogP contribution in [0.1, 0.15) is 64.9 Å². The Labute approximate surface area is 152 Å². The number of carbonyl (C=O) groups is 1. The van der Waals surface area contributed by atoms with Crippen LogP contribution in [0.4, 0.5) is 4.79 Å². The molecule has 1 aliphatic carbocycles. The van der Waals surface area contributed by atoms with Crippen molar-refractivity contribution in [2.45, 2.75) is 64.9 Å². The van der Waals surface area contributed by atoms with Gasteiger partial charge in [-0.15, -0.1) is 0 Å². The first-order chi connectivity index (χ1) is 11.8. The fourth-order valence-corrected chi connectivity index (χ4v) is 4.26. The van der Waals surface area contributed by atoms with Crippen LogP contribution in [0.3, 0.4) is 0 Å². The fraction of sp³-hybridized carbons (Fsp3) is 0.682. The first-order valence-corrected chi connectivity index (χ1v) is 9.86. The summed E-state index contributed by atoms with van der Waals surface area (Å²) >= 11 is 0. The molecule has 0 aromatic heterocycles. The molecule has 1 saturated carbocycles. The molecule has 1 aromatic carbocycles. The molecule has 1 amide bonds. The highest BCUT2D eigenvalue weighted by molar-refractivity contribution is 5.68. The number of carbonyl (C=O) groups excluding carboxylic acids is 1. The largest absolute Gasteiger partial charge is 0.444 e. The molecule has 3 rings (SSSR count). The average molecular weight is 344 g/mol. The van der Waals surface area contributed by atoms with E-state index in [1.54, 1.807) is 0 Å². The third-order valence-electron chi connectivity index (χ3n) is 5.82. The van der Waals surface area contributed by atoms with Crippen LogP contribution in [0.25, 0.3) is 0 Å². The Hall–Kier alpha value is -1.51. The van der Waals surface area contributed by atoms with Gasteiger partial charge in [0.2, 0.25) is 0 Å². The van der Waals surface area contributed by atoms with Crippen molar-refractivity contribution in [2.24, 2.45) is 17.8 Å².